The van der Waals surface area contributed by atoms with E-state index in [2.05, 4.69) is 4.40 Å². The summed E-state index contributed by atoms with van der Waals surface area (Å²) in [5.41, 5.74) is 3.72. The zero-order chi connectivity index (χ0) is 16.1. The summed E-state index contributed by atoms with van der Waals surface area (Å²) >= 11 is 3.08. The second-order valence-corrected chi connectivity index (χ2v) is 7.27. The molecule has 3 nitrogen and oxygen atoms in total. The molecule has 0 amide bonds. The van der Waals surface area contributed by atoms with Crippen molar-refractivity contribution in [1.29, 1.82) is 0 Å². The van der Waals surface area contributed by atoms with Crippen molar-refractivity contribution in [3.05, 3.63) is 65.9 Å². The Morgan fingerprint density at radius 2 is 1.88 bits per heavy atom. The Balaban J connectivity index is 1.82. The van der Waals surface area contributed by atoms with Gasteiger partial charge in [-0.05, 0) is 18.2 Å². The third-order valence-corrected chi connectivity index (χ3v) is 5.64. The molecule has 3 heterocycles. The molecule has 0 saturated carbocycles. The largest absolute Gasteiger partial charge is 0.287 e. The van der Waals surface area contributed by atoms with E-state index in [1.807, 2.05) is 41.9 Å². The predicted molar refractivity (Wildman–Crippen MR) is 97.1 cm³/mol. The van der Waals surface area contributed by atoms with Gasteiger partial charge in [-0.15, -0.1) is 22.7 Å². The van der Waals surface area contributed by atoms with E-state index in [0.717, 1.165) is 37.1 Å². The normalized spacial score (nSPS) is 11.5. The summed E-state index contributed by atoms with van der Waals surface area (Å²) in [7, 11) is 0. The van der Waals surface area contributed by atoms with Crippen molar-refractivity contribution in [2.24, 2.45) is 0 Å². The number of halogens is 1. The van der Waals surface area contributed by atoms with Gasteiger partial charge in [0.05, 0.1) is 10.2 Å². The highest BCUT2D eigenvalue weighted by Crippen LogP contribution is 2.38. The van der Waals surface area contributed by atoms with E-state index in [0.29, 0.717) is 0 Å². The average molecular weight is 351 g/mol. The van der Waals surface area contributed by atoms with E-state index >= 15 is 0 Å². The van der Waals surface area contributed by atoms with Gasteiger partial charge in [0.1, 0.15) is 22.2 Å². The maximum atomic E-state index is 13.5. The highest BCUT2D eigenvalue weighted by atomic mass is 32.1. The zero-order valence-corrected chi connectivity index (χ0v) is 13.9. The molecule has 0 spiro atoms. The molecular formula is C18H10FN3S2. The second-order valence-electron chi connectivity index (χ2n) is 5.36. The topological polar surface area (TPSA) is 30.2 Å². The van der Waals surface area contributed by atoms with Crippen molar-refractivity contribution in [3.63, 3.8) is 0 Å². The van der Waals surface area contributed by atoms with Crippen LogP contribution in [0.25, 0.3) is 37.1 Å². The molecular weight excluding hydrogens is 341 g/mol. The molecule has 0 aliphatic heterocycles. The molecule has 116 valence electrons. The van der Waals surface area contributed by atoms with Gasteiger partial charge in [0.15, 0.2) is 4.96 Å². The first-order chi connectivity index (χ1) is 11.8. The lowest BCUT2D eigenvalue weighted by Gasteiger charge is -2.01. The summed E-state index contributed by atoms with van der Waals surface area (Å²) in [6, 6.07) is 14.8. The van der Waals surface area contributed by atoms with Gasteiger partial charge in [0, 0.05) is 17.1 Å². The van der Waals surface area contributed by atoms with Crippen LogP contribution < -0.4 is 0 Å². The molecule has 0 unspecified atom stereocenters. The van der Waals surface area contributed by atoms with Crippen LogP contribution >= 0.6 is 22.7 Å². The van der Waals surface area contributed by atoms with Crippen LogP contribution in [-0.2, 0) is 0 Å². The van der Waals surface area contributed by atoms with E-state index in [9.17, 15) is 4.39 Å². The fourth-order valence-electron chi connectivity index (χ4n) is 2.79. The van der Waals surface area contributed by atoms with Crippen LogP contribution in [-0.4, -0.2) is 14.4 Å². The first-order valence-corrected chi connectivity index (χ1v) is 9.07. The lowest BCUT2D eigenvalue weighted by molar-refractivity contribution is 0.630. The number of thiazole rings is 2. The van der Waals surface area contributed by atoms with Gasteiger partial charge >= 0.3 is 0 Å². The lowest BCUT2D eigenvalue weighted by Crippen LogP contribution is -1.86. The van der Waals surface area contributed by atoms with Crippen LogP contribution in [0.4, 0.5) is 4.39 Å². The molecule has 0 atom stereocenters. The molecule has 0 N–H and O–H groups in total. The van der Waals surface area contributed by atoms with E-state index in [-0.39, 0.29) is 5.82 Å². The maximum Gasteiger partial charge on any atom is 0.194 e. The Morgan fingerprint density at radius 1 is 1.00 bits per heavy atom. The fourth-order valence-corrected chi connectivity index (χ4v) is 4.53. The fraction of sp³-hybridized carbons (Fsp3) is 0. The Kier molecular flexibility index (Phi) is 3.01. The average Bonchev–Trinajstić information content (AvgIpc) is 3.28. The smallest absolute Gasteiger partial charge is 0.194 e. The molecule has 24 heavy (non-hydrogen) atoms. The molecule has 5 aromatic rings. The van der Waals surface area contributed by atoms with Crippen LogP contribution in [0, 0.1) is 5.82 Å². The summed E-state index contributed by atoms with van der Waals surface area (Å²) in [6.45, 7) is 0. The van der Waals surface area contributed by atoms with Gasteiger partial charge in [-0.1, -0.05) is 30.3 Å². The van der Waals surface area contributed by atoms with Crippen molar-refractivity contribution in [3.8, 4) is 22.0 Å². The SMILES string of the molecule is Fc1ccc2nc(-c3c(-c4ccccc4)nc4sccn34)sc2c1. The molecule has 2 aromatic carbocycles. The zero-order valence-electron chi connectivity index (χ0n) is 12.3. The number of rotatable bonds is 2. The van der Waals surface area contributed by atoms with Crippen molar-refractivity contribution < 1.29 is 4.39 Å². The molecule has 3 aromatic heterocycles. The summed E-state index contributed by atoms with van der Waals surface area (Å²) in [5, 5.41) is 2.86. The first kappa shape index (κ1) is 13.8. The molecule has 5 rings (SSSR count). The van der Waals surface area contributed by atoms with Gasteiger partial charge in [-0.3, -0.25) is 4.40 Å². The van der Waals surface area contributed by atoms with Gasteiger partial charge in [-0.2, -0.15) is 0 Å². The molecule has 0 saturated heterocycles. The Hall–Kier alpha value is -2.57. The molecule has 0 radical (unpaired) electrons. The quantitative estimate of drug-likeness (QED) is 0.422. The Labute approximate surface area is 144 Å². The van der Waals surface area contributed by atoms with Crippen LogP contribution in [0.1, 0.15) is 0 Å². The molecule has 0 bridgehead atoms. The lowest BCUT2D eigenvalue weighted by atomic mass is 10.1. The van der Waals surface area contributed by atoms with Crippen LogP contribution in [0.5, 0.6) is 0 Å². The summed E-state index contributed by atoms with van der Waals surface area (Å²) < 4.78 is 16.4. The summed E-state index contributed by atoms with van der Waals surface area (Å²) in [5.74, 6) is -0.241. The second kappa shape index (κ2) is 5.22. The van der Waals surface area contributed by atoms with Crippen molar-refractivity contribution in [1.82, 2.24) is 14.4 Å². The number of hydrogen-bond donors (Lipinski definition) is 0. The minimum Gasteiger partial charge on any atom is -0.287 e. The Bertz CT molecular complexity index is 1170. The summed E-state index contributed by atoms with van der Waals surface area (Å²) in [6.07, 6.45) is 2.00. The van der Waals surface area contributed by atoms with Crippen LogP contribution in [0.3, 0.4) is 0 Å². The molecule has 0 aliphatic rings. The number of aromatic nitrogens is 3. The van der Waals surface area contributed by atoms with Crippen molar-refractivity contribution in [2.75, 3.05) is 0 Å². The van der Waals surface area contributed by atoms with Crippen molar-refractivity contribution in [2.45, 2.75) is 0 Å². The number of hydrogen-bond acceptors (Lipinski definition) is 4. The van der Waals surface area contributed by atoms with Gasteiger partial charge in [-0.25, -0.2) is 14.4 Å². The van der Waals surface area contributed by atoms with E-state index in [1.165, 1.54) is 23.5 Å². The standard InChI is InChI=1S/C18H10FN3S2/c19-12-6-7-13-14(10-12)24-17(20-13)16-15(11-4-2-1-3-5-11)21-18-22(16)8-9-23-18/h1-10H. The Morgan fingerprint density at radius 3 is 2.75 bits per heavy atom. The molecule has 6 heteroatoms. The summed E-state index contributed by atoms with van der Waals surface area (Å²) in [4.78, 5) is 10.4. The monoisotopic (exact) mass is 351 g/mol. The van der Waals surface area contributed by atoms with E-state index < -0.39 is 0 Å². The van der Waals surface area contributed by atoms with Gasteiger partial charge < -0.3 is 0 Å². The highest BCUT2D eigenvalue weighted by Gasteiger charge is 2.19. The number of benzene rings is 2. The van der Waals surface area contributed by atoms with Crippen LogP contribution in [0.2, 0.25) is 0 Å². The highest BCUT2D eigenvalue weighted by molar-refractivity contribution is 7.21. The van der Waals surface area contributed by atoms with E-state index in [1.54, 1.807) is 17.4 Å². The van der Waals surface area contributed by atoms with Gasteiger partial charge in [0.25, 0.3) is 0 Å². The third-order valence-electron chi connectivity index (χ3n) is 3.86. The third kappa shape index (κ3) is 2.07. The predicted octanol–water partition coefficient (Wildman–Crippen LogP) is 5.48. The number of nitrogens with zero attached hydrogens (tertiary/aromatic N) is 3. The first-order valence-electron chi connectivity index (χ1n) is 7.37. The molecule has 0 aliphatic carbocycles. The maximum absolute atomic E-state index is 13.5. The van der Waals surface area contributed by atoms with Crippen LogP contribution in [0.15, 0.2) is 60.1 Å². The van der Waals surface area contributed by atoms with Gasteiger partial charge in [0.2, 0.25) is 0 Å². The van der Waals surface area contributed by atoms with Crippen molar-refractivity contribution >= 4 is 37.9 Å². The molecule has 0 fully saturated rings. The minimum absolute atomic E-state index is 0.241. The van der Waals surface area contributed by atoms with E-state index in [4.69, 9.17) is 9.97 Å². The minimum atomic E-state index is -0.241. The number of imidazole rings is 1. The number of fused-ring (bicyclic) bond motifs is 2.